The van der Waals surface area contributed by atoms with E-state index in [9.17, 15) is 4.79 Å². The van der Waals surface area contributed by atoms with E-state index in [4.69, 9.17) is 14.2 Å². The van der Waals surface area contributed by atoms with Crippen LogP contribution in [-0.4, -0.2) is 82.5 Å². The average Bonchev–Trinajstić information content (AvgIpc) is 3.26. The first-order valence-electron chi connectivity index (χ1n) is 9.42. The molecule has 1 atom stereocenters. The van der Waals surface area contributed by atoms with E-state index in [1.165, 1.54) is 6.42 Å². The minimum Gasteiger partial charge on any atom is -0.493 e. The third kappa shape index (κ3) is 4.56. The Balaban J connectivity index is 1.53. The molecule has 0 saturated carbocycles. The van der Waals surface area contributed by atoms with Crippen molar-refractivity contribution in [2.45, 2.75) is 19.0 Å². The van der Waals surface area contributed by atoms with Gasteiger partial charge in [0.25, 0.3) is 0 Å². The molecular weight excluding hydrogens is 348 g/mol. The number of urea groups is 1. The van der Waals surface area contributed by atoms with Crippen molar-refractivity contribution < 1.29 is 19.0 Å². The maximum Gasteiger partial charge on any atom is 0.317 e. The van der Waals surface area contributed by atoms with Crippen LogP contribution in [-0.2, 0) is 6.54 Å². The lowest BCUT2D eigenvalue weighted by Gasteiger charge is -2.37. The Morgan fingerprint density at radius 2 is 1.78 bits per heavy atom. The van der Waals surface area contributed by atoms with Crippen LogP contribution in [0.4, 0.5) is 4.79 Å². The van der Waals surface area contributed by atoms with E-state index < -0.39 is 0 Å². The summed E-state index contributed by atoms with van der Waals surface area (Å²) in [7, 11) is 4.74. The first-order chi connectivity index (χ1) is 13.2. The first kappa shape index (κ1) is 19.6. The highest BCUT2D eigenvalue weighted by molar-refractivity contribution is 5.74. The number of benzene rings is 1. The Morgan fingerprint density at radius 3 is 2.30 bits per heavy atom. The van der Waals surface area contributed by atoms with E-state index in [-0.39, 0.29) is 6.03 Å². The number of methoxy groups -OCH3 is 3. The summed E-state index contributed by atoms with van der Waals surface area (Å²) in [5.41, 5.74) is 0.897. The summed E-state index contributed by atoms with van der Waals surface area (Å²) in [5.74, 6) is 1.72. The van der Waals surface area contributed by atoms with Crippen molar-refractivity contribution in [1.29, 1.82) is 0 Å². The Bertz CT molecular complexity index is 616. The van der Waals surface area contributed by atoms with Crippen molar-refractivity contribution in [3.63, 3.8) is 0 Å². The zero-order chi connectivity index (χ0) is 19.2. The molecule has 1 unspecified atom stereocenters. The van der Waals surface area contributed by atoms with Crippen LogP contribution in [0.25, 0.3) is 0 Å². The van der Waals surface area contributed by atoms with Gasteiger partial charge in [0.1, 0.15) is 0 Å². The van der Waals surface area contributed by atoms with Gasteiger partial charge >= 0.3 is 6.03 Å². The molecule has 2 fully saturated rings. The van der Waals surface area contributed by atoms with Gasteiger partial charge in [-0.1, -0.05) is 0 Å². The Hall–Kier alpha value is -2.19. The summed E-state index contributed by atoms with van der Waals surface area (Å²) in [5, 5.41) is 6.40. The molecule has 27 heavy (non-hydrogen) atoms. The van der Waals surface area contributed by atoms with Crippen LogP contribution in [0.3, 0.4) is 0 Å². The number of carbonyl (C=O) groups excluding carboxylic acids is 1. The van der Waals surface area contributed by atoms with E-state index in [1.54, 1.807) is 21.3 Å². The van der Waals surface area contributed by atoms with Crippen molar-refractivity contribution in [3.8, 4) is 17.2 Å². The van der Waals surface area contributed by atoms with E-state index in [2.05, 4.69) is 15.5 Å². The van der Waals surface area contributed by atoms with Crippen LogP contribution in [0.2, 0.25) is 0 Å². The minimum absolute atomic E-state index is 0.0343. The monoisotopic (exact) mass is 378 g/mol. The molecule has 1 aromatic carbocycles. The molecular formula is C19H30N4O4. The van der Waals surface area contributed by atoms with Crippen LogP contribution >= 0.6 is 0 Å². The number of nitrogens with one attached hydrogen (secondary N) is 2. The fraction of sp³-hybridized carbons (Fsp3) is 0.632. The third-order valence-electron chi connectivity index (χ3n) is 5.32. The number of piperazine rings is 1. The highest BCUT2D eigenvalue weighted by Crippen LogP contribution is 2.38. The quantitative estimate of drug-likeness (QED) is 0.766. The molecule has 0 radical (unpaired) electrons. The molecule has 0 spiro atoms. The van der Waals surface area contributed by atoms with Crippen LogP contribution in [0, 0.1) is 0 Å². The van der Waals surface area contributed by atoms with Gasteiger partial charge < -0.3 is 29.7 Å². The lowest BCUT2D eigenvalue weighted by atomic mass is 10.1. The second-order valence-corrected chi connectivity index (χ2v) is 6.86. The SMILES string of the molecule is COc1cc(CNC(=O)N2CCN(C3CCNC3)CC2)cc(OC)c1OC. The van der Waals surface area contributed by atoms with Gasteiger partial charge in [-0.25, -0.2) is 4.79 Å². The van der Waals surface area contributed by atoms with Crippen molar-refractivity contribution >= 4 is 6.03 Å². The van der Waals surface area contributed by atoms with Gasteiger partial charge in [-0.05, 0) is 30.7 Å². The molecule has 2 saturated heterocycles. The lowest BCUT2D eigenvalue weighted by molar-refractivity contribution is 0.114. The van der Waals surface area contributed by atoms with Gasteiger partial charge in [-0.3, -0.25) is 4.90 Å². The second-order valence-electron chi connectivity index (χ2n) is 6.86. The highest BCUT2D eigenvalue weighted by Gasteiger charge is 2.27. The summed E-state index contributed by atoms with van der Waals surface area (Å²) >= 11 is 0. The zero-order valence-electron chi connectivity index (χ0n) is 16.4. The van der Waals surface area contributed by atoms with Crippen molar-refractivity contribution in [1.82, 2.24) is 20.4 Å². The number of nitrogens with zero attached hydrogens (tertiary/aromatic N) is 2. The largest absolute Gasteiger partial charge is 0.493 e. The maximum absolute atomic E-state index is 12.5. The Morgan fingerprint density at radius 1 is 1.11 bits per heavy atom. The third-order valence-corrected chi connectivity index (χ3v) is 5.32. The molecule has 0 bridgehead atoms. The first-order valence-corrected chi connectivity index (χ1v) is 9.42. The molecule has 0 aromatic heterocycles. The van der Waals surface area contributed by atoms with Gasteiger partial charge in [-0.15, -0.1) is 0 Å². The van der Waals surface area contributed by atoms with Crippen molar-refractivity contribution in [2.24, 2.45) is 0 Å². The number of hydrogen-bond donors (Lipinski definition) is 2. The van der Waals surface area contributed by atoms with E-state index in [1.807, 2.05) is 17.0 Å². The molecule has 2 N–H and O–H groups in total. The van der Waals surface area contributed by atoms with Crippen LogP contribution in [0.5, 0.6) is 17.2 Å². The fourth-order valence-corrected chi connectivity index (χ4v) is 3.77. The van der Waals surface area contributed by atoms with E-state index >= 15 is 0 Å². The van der Waals surface area contributed by atoms with E-state index in [0.717, 1.165) is 44.8 Å². The number of carbonyl (C=O) groups is 1. The average molecular weight is 378 g/mol. The molecule has 8 heteroatoms. The summed E-state index contributed by atoms with van der Waals surface area (Å²) in [6, 6.07) is 4.29. The van der Waals surface area contributed by atoms with Gasteiger partial charge in [0.2, 0.25) is 5.75 Å². The molecule has 2 heterocycles. The molecule has 8 nitrogen and oxygen atoms in total. The van der Waals surface area contributed by atoms with Gasteiger partial charge in [0.05, 0.1) is 21.3 Å². The summed E-state index contributed by atoms with van der Waals surface area (Å²) in [4.78, 5) is 16.9. The number of hydrogen-bond acceptors (Lipinski definition) is 6. The second kappa shape index (κ2) is 9.14. The fourth-order valence-electron chi connectivity index (χ4n) is 3.77. The molecule has 2 aliphatic rings. The minimum atomic E-state index is -0.0343. The summed E-state index contributed by atoms with van der Waals surface area (Å²) < 4.78 is 16.1. The highest BCUT2D eigenvalue weighted by atomic mass is 16.5. The Kier molecular flexibility index (Phi) is 6.63. The predicted molar refractivity (Wildman–Crippen MR) is 103 cm³/mol. The molecule has 3 rings (SSSR count). The molecule has 2 aliphatic heterocycles. The van der Waals surface area contributed by atoms with Crippen molar-refractivity contribution in [2.75, 3.05) is 60.6 Å². The summed E-state index contributed by atoms with van der Waals surface area (Å²) in [6.45, 7) is 5.96. The molecule has 1 aromatic rings. The van der Waals surface area contributed by atoms with Crippen LogP contribution in [0.15, 0.2) is 12.1 Å². The normalized spacial score (nSPS) is 20.4. The van der Waals surface area contributed by atoms with Crippen LogP contribution < -0.4 is 24.8 Å². The predicted octanol–water partition coefficient (Wildman–Crippen LogP) is 0.902. The lowest BCUT2D eigenvalue weighted by Crippen LogP contribution is -2.54. The Labute approximate surface area is 160 Å². The molecule has 150 valence electrons. The van der Waals surface area contributed by atoms with Gasteiger partial charge in [-0.2, -0.15) is 0 Å². The zero-order valence-corrected chi connectivity index (χ0v) is 16.4. The molecule has 0 aliphatic carbocycles. The standard InChI is InChI=1S/C19H30N4O4/c1-25-16-10-14(11-17(26-2)18(16)27-3)12-21-19(24)23-8-6-22(7-9-23)15-4-5-20-13-15/h10-11,15,20H,4-9,12-13H2,1-3H3,(H,21,24). The maximum atomic E-state index is 12.5. The van der Waals surface area contributed by atoms with Crippen molar-refractivity contribution in [3.05, 3.63) is 17.7 Å². The number of rotatable bonds is 6. The molecule has 2 amide bonds. The summed E-state index contributed by atoms with van der Waals surface area (Å²) in [6.07, 6.45) is 1.20. The number of amides is 2. The van der Waals surface area contributed by atoms with Gasteiger partial charge in [0, 0.05) is 45.3 Å². The topological polar surface area (TPSA) is 75.3 Å². The van der Waals surface area contributed by atoms with Crippen LogP contribution in [0.1, 0.15) is 12.0 Å². The number of ether oxygens (including phenoxy) is 3. The smallest absolute Gasteiger partial charge is 0.317 e. The van der Waals surface area contributed by atoms with E-state index in [0.29, 0.717) is 29.8 Å². The van der Waals surface area contributed by atoms with Gasteiger partial charge in [0.15, 0.2) is 11.5 Å².